The largest absolute Gasteiger partial charge is 0.490 e. The molecule has 0 radical (unpaired) electrons. The second kappa shape index (κ2) is 5.95. The average molecular weight is 341 g/mol. The van der Waals surface area contributed by atoms with E-state index in [1.165, 1.54) is 12.3 Å². The highest BCUT2D eigenvalue weighted by atomic mass is 16.5. The van der Waals surface area contributed by atoms with E-state index in [9.17, 15) is 14.7 Å². The van der Waals surface area contributed by atoms with Crippen LogP contribution >= 0.6 is 0 Å². The Kier molecular flexibility index (Phi) is 3.75. The van der Waals surface area contributed by atoms with Crippen molar-refractivity contribution < 1.29 is 19.4 Å². The molecule has 1 atom stereocenters. The second-order valence-electron chi connectivity index (χ2n) is 6.42. The fourth-order valence-electron chi connectivity index (χ4n) is 3.58. The van der Waals surface area contributed by atoms with Crippen LogP contribution in [0.2, 0.25) is 0 Å². The van der Waals surface area contributed by atoms with Crippen LogP contribution in [0.25, 0.3) is 11.3 Å². The maximum Gasteiger partial charge on any atom is 0.341 e. The molecule has 130 valence electrons. The summed E-state index contributed by atoms with van der Waals surface area (Å²) in [4.78, 5) is 23.6. The number of hydrogen-bond donors (Lipinski definition) is 1. The van der Waals surface area contributed by atoms with E-state index in [0.717, 1.165) is 41.8 Å². The van der Waals surface area contributed by atoms with Crippen molar-refractivity contribution in [1.29, 1.82) is 0 Å². The molecule has 0 aliphatic carbocycles. The van der Waals surface area contributed by atoms with Gasteiger partial charge in [-0.2, -0.15) is 0 Å². The predicted octanol–water partition coefficient (Wildman–Crippen LogP) is 2.88. The Morgan fingerprint density at radius 1 is 1.24 bits per heavy atom. The number of aromatic nitrogens is 1. The van der Waals surface area contributed by atoms with Gasteiger partial charge in [-0.25, -0.2) is 4.79 Å². The van der Waals surface area contributed by atoms with E-state index in [2.05, 4.69) is 6.92 Å². The number of nitrogens with zero attached hydrogens (tertiary/aromatic N) is 1. The number of carbonyl (C=O) groups is 1. The van der Waals surface area contributed by atoms with Crippen molar-refractivity contribution in [3.8, 4) is 22.8 Å². The zero-order chi connectivity index (χ0) is 17.6. The molecule has 1 N–H and O–H groups in total. The first-order chi connectivity index (χ1) is 12.1. The van der Waals surface area contributed by atoms with Gasteiger partial charge in [0, 0.05) is 30.3 Å². The number of pyridine rings is 1. The molecule has 0 bridgehead atoms. The molecule has 1 aromatic heterocycles. The van der Waals surface area contributed by atoms with Crippen LogP contribution in [-0.4, -0.2) is 28.9 Å². The first-order valence-corrected chi connectivity index (χ1v) is 8.51. The number of ether oxygens (including phenoxy) is 2. The lowest BCUT2D eigenvalue weighted by atomic mass is 9.90. The van der Waals surface area contributed by atoms with E-state index in [1.54, 1.807) is 0 Å². The molecule has 6 heteroatoms. The molecule has 4 rings (SSSR count). The second-order valence-corrected chi connectivity index (χ2v) is 6.42. The van der Waals surface area contributed by atoms with E-state index in [0.29, 0.717) is 19.0 Å². The Morgan fingerprint density at radius 3 is 2.64 bits per heavy atom. The molecule has 0 saturated heterocycles. The maximum absolute atomic E-state index is 12.2. The molecule has 1 unspecified atom stereocenters. The molecule has 6 nitrogen and oxygen atoms in total. The van der Waals surface area contributed by atoms with Gasteiger partial charge in [0.25, 0.3) is 0 Å². The quantitative estimate of drug-likeness (QED) is 0.909. The van der Waals surface area contributed by atoms with Gasteiger partial charge < -0.3 is 19.1 Å². The summed E-state index contributed by atoms with van der Waals surface area (Å²) in [6.07, 6.45) is 3.90. The molecule has 0 amide bonds. The molecular weight excluding hydrogens is 322 g/mol. The number of rotatable bonds is 2. The minimum absolute atomic E-state index is 0.103. The van der Waals surface area contributed by atoms with Gasteiger partial charge in [0.1, 0.15) is 5.56 Å². The van der Waals surface area contributed by atoms with Crippen LogP contribution in [0.1, 0.15) is 41.7 Å². The fourth-order valence-corrected chi connectivity index (χ4v) is 3.58. The van der Waals surface area contributed by atoms with Crippen molar-refractivity contribution in [2.45, 2.75) is 32.2 Å². The van der Waals surface area contributed by atoms with Crippen LogP contribution in [0.4, 0.5) is 0 Å². The minimum Gasteiger partial charge on any atom is -0.490 e. The summed E-state index contributed by atoms with van der Waals surface area (Å²) in [6, 6.07) is 5.44. The summed E-state index contributed by atoms with van der Waals surface area (Å²) in [6.45, 7) is 3.27. The molecule has 1 aromatic carbocycles. The smallest absolute Gasteiger partial charge is 0.341 e. The zero-order valence-corrected chi connectivity index (χ0v) is 13.9. The van der Waals surface area contributed by atoms with Crippen LogP contribution in [0.15, 0.2) is 29.2 Å². The summed E-state index contributed by atoms with van der Waals surface area (Å²) in [5.74, 6) is 0.219. The van der Waals surface area contributed by atoms with Gasteiger partial charge >= 0.3 is 5.97 Å². The van der Waals surface area contributed by atoms with E-state index in [1.807, 2.05) is 16.7 Å². The number of benzene rings is 1. The van der Waals surface area contributed by atoms with Gasteiger partial charge in [0.05, 0.1) is 18.9 Å². The van der Waals surface area contributed by atoms with Crippen LogP contribution in [0, 0.1) is 0 Å². The van der Waals surface area contributed by atoms with E-state index in [4.69, 9.17) is 9.47 Å². The van der Waals surface area contributed by atoms with Gasteiger partial charge in [-0.15, -0.1) is 0 Å². The Balaban J connectivity index is 1.94. The van der Waals surface area contributed by atoms with Gasteiger partial charge in [0.15, 0.2) is 16.9 Å². The SMILES string of the molecule is CCC1Cc2cc3c(cc2-c2cc(=O)c(C(=O)O)cn21)OCCCO3. The van der Waals surface area contributed by atoms with Crippen molar-refractivity contribution in [3.63, 3.8) is 0 Å². The Labute approximate surface area is 144 Å². The van der Waals surface area contributed by atoms with Crippen molar-refractivity contribution >= 4 is 5.97 Å². The summed E-state index contributed by atoms with van der Waals surface area (Å²) in [5.41, 5.74) is 2.06. The van der Waals surface area contributed by atoms with Gasteiger partial charge in [0.2, 0.25) is 0 Å². The molecule has 0 saturated carbocycles. The zero-order valence-electron chi connectivity index (χ0n) is 13.9. The standard InChI is InChI=1S/C19H19NO5/c1-2-12-6-11-7-17-18(25-5-3-4-24-17)8-13(11)15-9-16(21)14(19(22)23)10-20(12)15/h7-10,12H,2-6H2,1H3,(H,22,23). The Morgan fingerprint density at radius 2 is 1.96 bits per heavy atom. The lowest BCUT2D eigenvalue weighted by Gasteiger charge is -2.30. The Bertz CT molecular complexity index is 915. The molecule has 3 heterocycles. The summed E-state index contributed by atoms with van der Waals surface area (Å²) >= 11 is 0. The summed E-state index contributed by atoms with van der Waals surface area (Å²) < 4.78 is 13.5. The van der Waals surface area contributed by atoms with Crippen LogP contribution < -0.4 is 14.9 Å². The van der Waals surface area contributed by atoms with Crippen LogP contribution in [0.5, 0.6) is 11.5 Å². The molecule has 25 heavy (non-hydrogen) atoms. The number of carboxylic acid groups (broad SMARTS) is 1. The lowest BCUT2D eigenvalue weighted by Crippen LogP contribution is -2.25. The fraction of sp³-hybridized carbons (Fsp3) is 0.368. The van der Waals surface area contributed by atoms with Crippen molar-refractivity contribution in [1.82, 2.24) is 4.57 Å². The Hall–Kier alpha value is -2.76. The number of hydrogen-bond acceptors (Lipinski definition) is 4. The molecular formula is C19H19NO5. The van der Waals surface area contributed by atoms with E-state index in [-0.39, 0.29) is 11.6 Å². The molecule has 2 aliphatic rings. The highest BCUT2D eigenvalue weighted by Crippen LogP contribution is 2.42. The third kappa shape index (κ3) is 2.58. The number of fused-ring (bicyclic) bond motifs is 4. The monoisotopic (exact) mass is 341 g/mol. The van der Waals surface area contributed by atoms with Gasteiger partial charge in [-0.05, 0) is 30.5 Å². The summed E-state index contributed by atoms with van der Waals surface area (Å²) in [7, 11) is 0. The van der Waals surface area contributed by atoms with Crippen LogP contribution in [-0.2, 0) is 6.42 Å². The summed E-state index contributed by atoms with van der Waals surface area (Å²) in [5, 5.41) is 9.26. The third-order valence-corrected chi connectivity index (χ3v) is 4.88. The van der Waals surface area contributed by atoms with E-state index >= 15 is 0 Å². The van der Waals surface area contributed by atoms with Gasteiger partial charge in [-0.3, -0.25) is 4.79 Å². The minimum atomic E-state index is -1.19. The normalized spacial score (nSPS) is 18.0. The molecule has 2 aromatic rings. The molecule has 2 aliphatic heterocycles. The van der Waals surface area contributed by atoms with Crippen molar-refractivity contribution in [2.75, 3.05) is 13.2 Å². The molecule has 0 fully saturated rings. The van der Waals surface area contributed by atoms with Crippen molar-refractivity contribution in [3.05, 3.63) is 45.7 Å². The average Bonchev–Trinajstić information content (AvgIpc) is 2.83. The van der Waals surface area contributed by atoms with Gasteiger partial charge in [-0.1, -0.05) is 6.92 Å². The first-order valence-electron chi connectivity index (χ1n) is 8.51. The topological polar surface area (TPSA) is 77.8 Å². The number of carboxylic acids is 1. The highest BCUT2D eigenvalue weighted by Gasteiger charge is 2.27. The maximum atomic E-state index is 12.2. The van der Waals surface area contributed by atoms with Crippen molar-refractivity contribution in [2.24, 2.45) is 0 Å². The third-order valence-electron chi connectivity index (χ3n) is 4.88. The highest BCUT2D eigenvalue weighted by molar-refractivity contribution is 5.87. The number of aromatic carboxylic acids is 1. The predicted molar refractivity (Wildman–Crippen MR) is 91.7 cm³/mol. The van der Waals surface area contributed by atoms with E-state index < -0.39 is 11.4 Å². The first kappa shape index (κ1) is 15.7. The lowest BCUT2D eigenvalue weighted by molar-refractivity contribution is 0.0694. The molecule has 0 spiro atoms. The van der Waals surface area contributed by atoms with Crippen LogP contribution in [0.3, 0.4) is 0 Å².